The maximum Gasteiger partial charge on any atom is 0.253 e. The molecule has 0 aliphatic heterocycles. The Labute approximate surface area is 109 Å². The minimum absolute atomic E-state index is 0.0458. The van der Waals surface area contributed by atoms with Gasteiger partial charge in [0.15, 0.2) is 0 Å². The van der Waals surface area contributed by atoms with Crippen LogP contribution in [-0.4, -0.2) is 31.5 Å². The van der Waals surface area contributed by atoms with Crippen LogP contribution in [-0.2, 0) is 0 Å². The summed E-state index contributed by atoms with van der Waals surface area (Å²) in [5.74, 6) is 0.554. The van der Waals surface area contributed by atoms with E-state index in [0.717, 1.165) is 0 Å². The van der Waals surface area contributed by atoms with Crippen molar-refractivity contribution >= 4 is 11.6 Å². The van der Waals surface area contributed by atoms with Crippen LogP contribution in [0.2, 0.25) is 0 Å². The molecule has 4 heteroatoms. The van der Waals surface area contributed by atoms with Gasteiger partial charge in [0.25, 0.3) is 5.91 Å². The number of carbonyl (C=O) groups is 1. The van der Waals surface area contributed by atoms with E-state index in [4.69, 9.17) is 10.5 Å². The first-order valence-corrected chi connectivity index (χ1v) is 5.93. The molecule has 2 N–H and O–H groups in total. The van der Waals surface area contributed by atoms with E-state index in [-0.39, 0.29) is 11.3 Å². The maximum atomic E-state index is 12.3. The molecule has 1 aromatic rings. The Kier molecular flexibility index (Phi) is 4.22. The quantitative estimate of drug-likeness (QED) is 0.838. The molecular formula is C14H22N2O2. The molecule has 0 bridgehead atoms. The van der Waals surface area contributed by atoms with E-state index in [1.54, 1.807) is 37.3 Å². The Morgan fingerprint density at radius 1 is 1.33 bits per heavy atom. The van der Waals surface area contributed by atoms with E-state index >= 15 is 0 Å². The molecule has 0 fully saturated rings. The fraction of sp³-hybridized carbons (Fsp3) is 0.500. The molecule has 1 aromatic carbocycles. The Bertz CT molecular complexity index is 436. The molecule has 0 radical (unpaired) electrons. The molecule has 0 aliphatic rings. The zero-order valence-corrected chi connectivity index (χ0v) is 11.8. The second kappa shape index (κ2) is 5.29. The largest absolute Gasteiger partial charge is 0.497 e. The fourth-order valence-electron chi connectivity index (χ4n) is 1.87. The van der Waals surface area contributed by atoms with Crippen molar-refractivity contribution in [2.24, 2.45) is 5.41 Å². The minimum Gasteiger partial charge on any atom is -0.497 e. The van der Waals surface area contributed by atoms with Gasteiger partial charge in [-0.15, -0.1) is 0 Å². The molecule has 18 heavy (non-hydrogen) atoms. The molecule has 0 saturated carbocycles. The molecule has 0 aliphatic carbocycles. The van der Waals surface area contributed by atoms with Gasteiger partial charge in [0.2, 0.25) is 0 Å². The number of benzene rings is 1. The monoisotopic (exact) mass is 250 g/mol. The average Bonchev–Trinajstić information content (AvgIpc) is 2.24. The van der Waals surface area contributed by atoms with Gasteiger partial charge in [-0.05, 0) is 17.5 Å². The Hall–Kier alpha value is -1.71. The zero-order valence-electron chi connectivity index (χ0n) is 11.8. The van der Waals surface area contributed by atoms with Crippen LogP contribution in [0.1, 0.15) is 31.1 Å². The van der Waals surface area contributed by atoms with Gasteiger partial charge in [0, 0.05) is 30.9 Å². The molecule has 1 amide bonds. The highest BCUT2D eigenvalue weighted by Crippen LogP contribution is 2.21. The lowest BCUT2D eigenvalue weighted by Crippen LogP contribution is -2.34. The van der Waals surface area contributed by atoms with Gasteiger partial charge < -0.3 is 15.4 Å². The summed E-state index contributed by atoms with van der Waals surface area (Å²) in [6.07, 6.45) is 0. The standard InChI is InChI=1S/C14H22N2O2/c1-14(2,3)9-16(4)13(17)10-6-11(15)8-12(7-10)18-5/h6-8H,9,15H2,1-5H3. The molecular weight excluding hydrogens is 228 g/mol. The summed E-state index contributed by atoms with van der Waals surface area (Å²) in [5.41, 5.74) is 6.90. The minimum atomic E-state index is -0.0458. The van der Waals surface area contributed by atoms with Gasteiger partial charge in [0.05, 0.1) is 7.11 Å². The van der Waals surface area contributed by atoms with E-state index < -0.39 is 0 Å². The van der Waals surface area contributed by atoms with Gasteiger partial charge in [-0.25, -0.2) is 0 Å². The maximum absolute atomic E-state index is 12.3. The molecule has 1 rings (SSSR count). The Morgan fingerprint density at radius 2 is 1.94 bits per heavy atom. The summed E-state index contributed by atoms with van der Waals surface area (Å²) in [4.78, 5) is 14.0. The summed E-state index contributed by atoms with van der Waals surface area (Å²) >= 11 is 0. The van der Waals surface area contributed by atoms with Crippen molar-refractivity contribution < 1.29 is 9.53 Å². The fourth-order valence-corrected chi connectivity index (χ4v) is 1.87. The van der Waals surface area contributed by atoms with E-state index in [1.807, 2.05) is 0 Å². The van der Waals surface area contributed by atoms with Crippen LogP contribution < -0.4 is 10.5 Å². The van der Waals surface area contributed by atoms with Crippen LogP contribution >= 0.6 is 0 Å². The topological polar surface area (TPSA) is 55.6 Å². The number of hydrogen-bond acceptors (Lipinski definition) is 3. The van der Waals surface area contributed by atoms with E-state index in [1.165, 1.54) is 0 Å². The number of nitrogens with zero attached hydrogens (tertiary/aromatic N) is 1. The highest BCUT2D eigenvalue weighted by Gasteiger charge is 2.19. The number of amides is 1. The van der Waals surface area contributed by atoms with Gasteiger partial charge in [-0.3, -0.25) is 4.79 Å². The molecule has 0 unspecified atom stereocenters. The van der Waals surface area contributed by atoms with Crippen molar-refractivity contribution in [1.82, 2.24) is 4.90 Å². The number of nitrogen functional groups attached to an aromatic ring is 1. The summed E-state index contributed by atoms with van der Waals surface area (Å²) in [6.45, 7) is 6.97. The number of hydrogen-bond donors (Lipinski definition) is 1. The molecule has 0 heterocycles. The van der Waals surface area contributed by atoms with Gasteiger partial charge in [0.1, 0.15) is 5.75 Å². The lowest BCUT2D eigenvalue weighted by molar-refractivity contribution is 0.0745. The van der Waals surface area contributed by atoms with Crippen LogP contribution in [0.3, 0.4) is 0 Å². The van der Waals surface area contributed by atoms with Gasteiger partial charge >= 0.3 is 0 Å². The first-order valence-electron chi connectivity index (χ1n) is 5.93. The van der Waals surface area contributed by atoms with Crippen molar-refractivity contribution in [3.63, 3.8) is 0 Å². The predicted molar refractivity (Wildman–Crippen MR) is 73.8 cm³/mol. The van der Waals surface area contributed by atoms with Crippen molar-refractivity contribution in [1.29, 1.82) is 0 Å². The van der Waals surface area contributed by atoms with Gasteiger partial charge in [-0.2, -0.15) is 0 Å². The Morgan fingerprint density at radius 3 is 2.44 bits per heavy atom. The van der Waals surface area contributed by atoms with Crippen molar-refractivity contribution in [3.8, 4) is 5.75 Å². The normalized spacial score (nSPS) is 11.2. The molecule has 0 atom stereocenters. The number of nitrogens with two attached hydrogens (primary N) is 1. The third kappa shape index (κ3) is 3.95. The first-order chi connectivity index (χ1) is 8.23. The van der Waals surface area contributed by atoms with Crippen LogP contribution in [0, 0.1) is 5.41 Å². The molecule has 0 saturated heterocycles. The highest BCUT2D eigenvalue weighted by molar-refractivity contribution is 5.95. The molecule has 0 spiro atoms. The first kappa shape index (κ1) is 14.4. The number of anilines is 1. The lowest BCUT2D eigenvalue weighted by Gasteiger charge is -2.26. The summed E-state index contributed by atoms with van der Waals surface area (Å²) in [5, 5.41) is 0. The molecule has 0 aromatic heterocycles. The number of rotatable bonds is 3. The van der Waals surface area contributed by atoms with E-state index in [2.05, 4.69) is 20.8 Å². The second-order valence-electron chi connectivity index (χ2n) is 5.72. The summed E-state index contributed by atoms with van der Waals surface area (Å²) in [7, 11) is 3.35. The van der Waals surface area contributed by atoms with E-state index in [0.29, 0.717) is 23.5 Å². The smallest absolute Gasteiger partial charge is 0.253 e. The third-order valence-electron chi connectivity index (χ3n) is 2.47. The number of methoxy groups -OCH3 is 1. The molecule has 4 nitrogen and oxygen atoms in total. The SMILES string of the molecule is COc1cc(N)cc(C(=O)N(C)CC(C)(C)C)c1. The van der Waals surface area contributed by atoms with Crippen molar-refractivity contribution in [3.05, 3.63) is 23.8 Å². The van der Waals surface area contributed by atoms with Crippen LogP contribution in [0.25, 0.3) is 0 Å². The molecule has 100 valence electrons. The number of carbonyl (C=O) groups excluding carboxylic acids is 1. The summed E-state index contributed by atoms with van der Waals surface area (Å²) < 4.78 is 5.12. The van der Waals surface area contributed by atoms with Crippen LogP contribution in [0.15, 0.2) is 18.2 Å². The van der Waals surface area contributed by atoms with Crippen molar-refractivity contribution in [2.75, 3.05) is 26.4 Å². The lowest BCUT2D eigenvalue weighted by atomic mass is 9.96. The van der Waals surface area contributed by atoms with Crippen LogP contribution in [0.4, 0.5) is 5.69 Å². The average molecular weight is 250 g/mol. The third-order valence-corrected chi connectivity index (χ3v) is 2.47. The van der Waals surface area contributed by atoms with Crippen LogP contribution in [0.5, 0.6) is 5.75 Å². The summed E-state index contributed by atoms with van der Waals surface area (Å²) in [6, 6.07) is 5.07. The highest BCUT2D eigenvalue weighted by atomic mass is 16.5. The predicted octanol–water partition coefficient (Wildman–Crippen LogP) is 2.40. The van der Waals surface area contributed by atoms with Gasteiger partial charge in [-0.1, -0.05) is 20.8 Å². The second-order valence-corrected chi connectivity index (χ2v) is 5.72. The Balaban J connectivity index is 2.93. The number of ether oxygens (including phenoxy) is 1. The zero-order chi connectivity index (χ0) is 13.9. The van der Waals surface area contributed by atoms with Crippen molar-refractivity contribution in [2.45, 2.75) is 20.8 Å². The van der Waals surface area contributed by atoms with E-state index in [9.17, 15) is 4.79 Å².